The molecule has 0 saturated carbocycles. The van der Waals surface area contributed by atoms with Crippen LogP contribution in [0.5, 0.6) is 11.5 Å². The van der Waals surface area contributed by atoms with Crippen molar-refractivity contribution in [2.24, 2.45) is 0 Å². The molecule has 0 atom stereocenters. The zero-order chi connectivity index (χ0) is 22.5. The SMILES string of the molecule is CCn1c(-c2ccc3c(c2)OCCO3)cnc1SCC(=O)NNC(=O)c1ccc(C)cc1. The molecule has 166 valence electrons. The van der Waals surface area contributed by atoms with Crippen LogP contribution < -0.4 is 20.3 Å². The van der Waals surface area contributed by atoms with Gasteiger partial charge in [-0.25, -0.2) is 4.98 Å². The summed E-state index contributed by atoms with van der Waals surface area (Å²) in [5.74, 6) is 0.893. The van der Waals surface area contributed by atoms with Gasteiger partial charge in [0, 0.05) is 17.7 Å². The minimum atomic E-state index is -0.362. The Labute approximate surface area is 190 Å². The number of benzene rings is 2. The van der Waals surface area contributed by atoms with E-state index in [4.69, 9.17) is 9.47 Å². The van der Waals surface area contributed by atoms with Gasteiger partial charge in [-0.3, -0.25) is 20.4 Å². The van der Waals surface area contributed by atoms with Crippen LogP contribution in [0.15, 0.2) is 53.8 Å². The van der Waals surface area contributed by atoms with Gasteiger partial charge in [-0.1, -0.05) is 29.5 Å². The lowest BCUT2D eigenvalue weighted by atomic mass is 10.1. The van der Waals surface area contributed by atoms with Crippen LogP contribution in [-0.4, -0.2) is 40.3 Å². The summed E-state index contributed by atoms with van der Waals surface area (Å²) < 4.78 is 13.3. The van der Waals surface area contributed by atoms with Crippen molar-refractivity contribution in [3.63, 3.8) is 0 Å². The highest BCUT2D eigenvalue weighted by molar-refractivity contribution is 7.99. The molecule has 1 aromatic heterocycles. The van der Waals surface area contributed by atoms with Gasteiger partial charge >= 0.3 is 0 Å². The number of aromatic nitrogens is 2. The molecular weight excluding hydrogens is 428 g/mol. The van der Waals surface area contributed by atoms with Gasteiger partial charge in [0.2, 0.25) is 5.91 Å². The molecule has 0 unspecified atom stereocenters. The number of carbonyl (C=O) groups excluding carboxylic acids is 2. The average Bonchev–Trinajstić information content (AvgIpc) is 3.24. The molecule has 8 nitrogen and oxygen atoms in total. The number of carbonyl (C=O) groups is 2. The van der Waals surface area contributed by atoms with Crippen LogP contribution in [0.4, 0.5) is 0 Å². The maximum atomic E-state index is 12.2. The second kappa shape index (κ2) is 9.78. The molecule has 2 aromatic carbocycles. The molecule has 0 bridgehead atoms. The molecule has 0 aliphatic carbocycles. The predicted molar refractivity (Wildman–Crippen MR) is 122 cm³/mol. The molecule has 1 aliphatic heterocycles. The van der Waals surface area contributed by atoms with E-state index in [1.54, 1.807) is 18.3 Å². The number of hydrogen-bond acceptors (Lipinski definition) is 6. The van der Waals surface area contributed by atoms with E-state index >= 15 is 0 Å². The molecule has 2 amide bonds. The van der Waals surface area contributed by atoms with Crippen molar-refractivity contribution < 1.29 is 19.1 Å². The Morgan fingerprint density at radius 2 is 1.81 bits per heavy atom. The standard InChI is InChI=1S/C23H24N4O4S/c1-3-27-18(17-8-9-19-20(12-17)31-11-10-30-19)13-24-23(27)32-14-21(28)25-26-22(29)16-6-4-15(2)5-7-16/h4-9,12-13H,3,10-11,14H2,1-2H3,(H,25,28)(H,26,29). The minimum Gasteiger partial charge on any atom is -0.486 e. The highest BCUT2D eigenvalue weighted by Crippen LogP contribution is 2.35. The van der Waals surface area contributed by atoms with E-state index in [2.05, 4.69) is 15.8 Å². The van der Waals surface area contributed by atoms with Crippen molar-refractivity contribution in [2.45, 2.75) is 25.5 Å². The largest absolute Gasteiger partial charge is 0.486 e. The van der Waals surface area contributed by atoms with Gasteiger partial charge in [-0.15, -0.1) is 0 Å². The van der Waals surface area contributed by atoms with Crippen LogP contribution in [0, 0.1) is 6.92 Å². The summed E-state index contributed by atoms with van der Waals surface area (Å²) in [6.07, 6.45) is 1.79. The van der Waals surface area contributed by atoms with E-state index in [9.17, 15) is 9.59 Å². The summed E-state index contributed by atoms with van der Waals surface area (Å²) in [5.41, 5.74) is 8.32. The number of aryl methyl sites for hydroxylation is 1. The highest BCUT2D eigenvalue weighted by atomic mass is 32.2. The second-order valence-electron chi connectivity index (χ2n) is 7.19. The van der Waals surface area contributed by atoms with Crippen molar-refractivity contribution >= 4 is 23.6 Å². The zero-order valence-electron chi connectivity index (χ0n) is 17.9. The normalized spacial score (nSPS) is 12.3. The molecule has 0 radical (unpaired) electrons. The van der Waals surface area contributed by atoms with Gasteiger partial charge in [0.05, 0.1) is 17.6 Å². The van der Waals surface area contributed by atoms with Crippen molar-refractivity contribution in [1.82, 2.24) is 20.4 Å². The van der Waals surface area contributed by atoms with Gasteiger partial charge in [0.15, 0.2) is 16.7 Å². The average molecular weight is 453 g/mol. The van der Waals surface area contributed by atoms with Gasteiger partial charge < -0.3 is 14.0 Å². The molecule has 0 saturated heterocycles. The maximum Gasteiger partial charge on any atom is 0.269 e. The van der Waals surface area contributed by atoms with Crippen LogP contribution >= 0.6 is 11.8 Å². The Bertz CT molecular complexity index is 1130. The third-order valence-electron chi connectivity index (χ3n) is 4.93. The smallest absolute Gasteiger partial charge is 0.269 e. The van der Waals surface area contributed by atoms with Crippen molar-refractivity contribution in [2.75, 3.05) is 19.0 Å². The predicted octanol–water partition coefficient (Wildman–Crippen LogP) is 3.20. The Hall–Kier alpha value is -3.46. The molecule has 3 aromatic rings. The van der Waals surface area contributed by atoms with Gasteiger partial charge in [0.25, 0.3) is 5.91 Å². The van der Waals surface area contributed by atoms with Crippen molar-refractivity contribution in [1.29, 1.82) is 0 Å². The summed E-state index contributed by atoms with van der Waals surface area (Å²) >= 11 is 1.31. The number of fused-ring (bicyclic) bond motifs is 1. The molecule has 2 heterocycles. The fraction of sp³-hybridized carbons (Fsp3) is 0.261. The van der Waals surface area contributed by atoms with E-state index in [1.165, 1.54) is 11.8 Å². The monoisotopic (exact) mass is 452 g/mol. The number of imidazole rings is 1. The summed E-state index contributed by atoms with van der Waals surface area (Å²) in [6.45, 7) is 5.74. The first-order chi connectivity index (χ1) is 15.5. The van der Waals surface area contributed by atoms with Crippen molar-refractivity contribution in [3.8, 4) is 22.8 Å². The fourth-order valence-electron chi connectivity index (χ4n) is 3.28. The number of amides is 2. The molecule has 4 rings (SSSR count). The molecule has 9 heteroatoms. The third kappa shape index (κ3) is 4.88. The van der Waals surface area contributed by atoms with Crippen LogP contribution in [0.25, 0.3) is 11.3 Å². The highest BCUT2D eigenvalue weighted by Gasteiger charge is 2.17. The van der Waals surface area contributed by atoms with Gasteiger partial charge in [-0.2, -0.15) is 0 Å². The molecule has 32 heavy (non-hydrogen) atoms. The molecule has 0 fully saturated rings. The fourth-order valence-corrected chi connectivity index (χ4v) is 4.13. The van der Waals surface area contributed by atoms with Crippen LogP contribution in [-0.2, 0) is 11.3 Å². The Balaban J connectivity index is 1.36. The summed E-state index contributed by atoms with van der Waals surface area (Å²) in [4.78, 5) is 28.8. The number of ether oxygens (including phenoxy) is 2. The Kier molecular flexibility index (Phi) is 6.65. The number of nitrogens with one attached hydrogen (secondary N) is 2. The number of thioether (sulfide) groups is 1. The van der Waals surface area contributed by atoms with Gasteiger partial charge in [0.1, 0.15) is 13.2 Å². The molecule has 1 aliphatic rings. The van der Waals surface area contributed by atoms with Crippen molar-refractivity contribution in [3.05, 3.63) is 59.8 Å². The lowest BCUT2D eigenvalue weighted by Crippen LogP contribution is -2.42. The maximum absolute atomic E-state index is 12.2. The van der Waals surface area contributed by atoms with E-state index in [0.717, 1.165) is 33.5 Å². The number of hydrazine groups is 1. The number of hydrogen-bond donors (Lipinski definition) is 2. The van der Waals surface area contributed by atoms with E-state index in [1.807, 2.05) is 48.7 Å². The first-order valence-corrected chi connectivity index (χ1v) is 11.3. The quantitative estimate of drug-likeness (QED) is 0.441. The van der Waals surface area contributed by atoms with Crippen LogP contribution in [0.3, 0.4) is 0 Å². The second-order valence-corrected chi connectivity index (χ2v) is 8.13. The summed E-state index contributed by atoms with van der Waals surface area (Å²) in [5, 5.41) is 0.720. The third-order valence-corrected chi connectivity index (χ3v) is 5.93. The molecule has 0 spiro atoms. The summed E-state index contributed by atoms with van der Waals surface area (Å²) in [6, 6.07) is 12.9. The minimum absolute atomic E-state index is 0.117. The lowest BCUT2D eigenvalue weighted by molar-refractivity contribution is -0.119. The molecule has 2 N–H and O–H groups in total. The lowest BCUT2D eigenvalue weighted by Gasteiger charge is -2.19. The van der Waals surface area contributed by atoms with E-state index in [0.29, 0.717) is 25.3 Å². The topological polar surface area (TPSA) is 94.5 Å². The zero-order valence-corrected chi connectivity index (χ0v) is 18.7. The summed E-state index contributed by atoms with van der Waals surface area (Å²) in [7, 11) is 0. The number of rotatable bonds is 6. The molecular formula is C23H24N4O4S. The Morgan fingerprint density at radius 1 is 1.06 bits per heavy atom. The first-order valence-electron chi connectivity index (χ1n) is 10.3. The number of nitrogens with zero attached hydrogens (tertiary/aromatic N) is 2. The van der Waals surface area contributed by atoms with E-state index < -0.39 is 0 Å². The van der Waals surface area contributed by atoms with Gasteiger partial charge in [-0.05, 0) is 44.2 Å². The van der Waals surface area contributed by atoms with Crippen LogP contribution in [0.1, 0.15) is 22.8 Å². The Morgan fingerprint density at radius 3 is 2.56 bits per heavy atom. The van der Waals surface area contributed by atoms with E-state index in [-0.39, 0.29) is 17.6 Å². The first kappa shape index (κ1) is 21.8. The van der Waals surface area contributed by atoms with Crippen LogP contribution in [0.2, 0.25) is 0 Å².